The zero-order valence-electron chi connectivity index (χ0n) is 18.6. The number of aryl methyl sites for hydroxylation is 1. The maximum Gasteiger partial charge on any atom is 1.00 e. The number of anilines is 1. The van der Waals surface area contributed by atoms with Crippen molar-refractivity contribution in [3.8, 4) is 0 Å². The SMILES string of the molecule is CCN(Cc1ccccc1)c1ccc(N=Nc2nc3cc(S(=O)(=O)[O-])ccc3s2)c(C)c1.[Na+]. The molecular weight excluding hydrogens is 467 g/mol. The van der Waals surface area contributed by atoms with E-state index in [1.165, 1.54) is 29.0 Å². The average molecular weight is 489 g/mol. The molecule has 164 valence electrons. The van der Waals surface area contributed by atoms with Crippen molar-refractivity contribution >= 4 is 48.2 Å². The Hall–Kier alpha value is -2.14. The van der Waals surface area contributed by atoms with Crippen molar-refractivity contribution in [2.75, 3.05) is 11.4 Å². The molecule has 4 rings (SSSR count). The minimum Gasteiger partial charge on any atom is -0.744 e. The second kappa shape index (κ2) is 10.9. The summed E-state index contributed by atoms with van der Waals surface area (Å²) in [7, 11) is -4.52. The molecule has 10 heteroatoms. The van der Waals surface area contributed by atoms with Crippen molar-refractivity contribution in [2.24, 2.45) is 10.2 Å². The Balaban J connectivity index is 0.00000306. The van der Waals surface area contributed by atoms with Gasteiger partial charge in [0.1, 0.15) is 10.1 Å². The number of aromatic nitrogens is 1. The van der Waals surface area contributed by atoms with Gasteiger partial charge in [0.05, 0.1) is 20.8 Å². The topological polar surface area (TPSA) is 98.1 Å². The van der Waals surface area contributed by atoms with E-state index in [0.717, 1.165) is 34.7 Å². The predicted octanol–water partition coefficient (Wildman–Crippen LogP) is 2.95. The van der Waals surface area contributed by atoms with Crippen LogP contribution in [0.25, 0.3) is 10.2 Å². The maximum absolute atomic E-state index is 11.2. The van der Waals surface area contributed by atoms with Crippen LogP contribution in [0.5, 0.6) is 0 Å². The summed E-state index contributed by atoms with van der Waals surface area (Å²) < 4.78 is 34.4. The normalized spacial score (nSPS) is 11.6. The third kappa shape index (κ3) is 6.26. The van der Waals surface area contributed by atoms with Gasteiger partial charge in [-0.25, -0.2) is 13.4 Å². The summed E-state index contributed by atoms with van der Waals surface area (Å²) in [5, 5.41) is 8.94. The minimum atomic E-state index is -4.52. The Kier molecular flexibility index (Phi) is 8.38. The number of azo groups is 1. The van der Waals surface area contributed by atoms with Crippen molar-refractivity contribution in [1.29, 1.82) is 0 Å². The van der Waals surface area contributed by atoms with Crippen molar-refractivity contribution in [3.63, 3.8) is 0 Å². The van der Waals surface area contributed by atoms with Crippen LogP contribution in [-0.2, 0) is 16.7 Å². The number of hydrogen-bond acceptors (Lipinski definition) is 8. The molecule has 0 fully saturated rings. The first-order valence-electron chi connectivity index (χ1n) is 10.0. The van der Waals surface area contributed by atoms with Gasteiger partial charge in [-0.1, -0.05) is 41.7 Å². The number of nitrogens with zero attached hydrogens (tertiary/aromatic N) is 4. The van der Waals surface area contributed by atoms with E-state index < -0.39 is 10.1 Å². The van der Waals surface area contributed by atoms with Crippen LogP contribution in [-0.4, -0.2) is 24.5 Å². The van der Waals surface area contributed by atoms with Crippen LogP contribution in [0, 0.1) is 6.92 Å². The quantitative estimate of drug-likeness (QED) is 0.226. The summed E-state index contributed by atoms with van der Waals surface area (Å²) in [6, 6.07) is 20.5. The summed E-state index contributed by atoms with van der Waals surface area (Å²) in [5.74, 6) is 0. The van der Waals surface area contributed by atoms with Crippen molar-refractivity contribution in [3.05, 3.63) is 77.9 Å². The molecule has 0 aliphatic rings. The number of benzene rings is 3. The molecular formula is C23H21N4NaO3S2. The third-order valence-corrected chi connectivity index (χ3v) is 6.78. The first-order chi connectivity index (χ1) is 15.3. The monoisotopic (exact) mass is 488 g/mol. The predicted molar refractivity (Wildman–Crippen MR) is 126 cm³/mol. The van der Waals surface area contributed by atoms with Crippen LogP contribution in [0.2, 0.25) is 0 Å². The van der Waals surface area contributed by atoms with Crippen LogP contribution >= 0.6 is 11.3 Å². The van der Waals surface area contributed by atoms with Gasteiger partial charge in [0.2, 0.25) is 5.13 Å². The fourth-order valence-corrected chi connectivity index (χ4v) is 4.59. The minimum absolute atomic E-state index is 0. The van der Waals surface area contributed by atoms with Gasteiger partial charge in [0.15, 0.2) is 0 Å². The summed E-state index contributed by atoms with van der Waals surface area (Å²) in [4.78, 5) is 6.27. The number of rotatable bonds is 7. The molecule has 0 aliphatic carbocycles. The summed E-state index contributed by atoms with van der Waals surface area (Å²) in [5.41, 5.74) is 4.48. The molecule has 4 aromatic rings. The Bertz CT molecular complexity index is 1390. The summed E-state index contributed by atoms with van der Waals surface area (Å²) >= 11 is 1.28. The third-order valence-electron chi connectivity index (χ3n) is 5.02. The molecule has 0 amide bonds. The van der Waals surface area contributed by atoms with E-state index in [1.54, 1.807) is 6.07 Å². The van der Waals surface area contributed by atoms with Crippen LogP contribution < -0.4 is 34.5 Å². The second-order valence-corrected chi connectivity index (χ2v) is 9.64. The molecule has 0 atom stereocenters. The van der Waals surface area contributed by atoms with Gasteiger partial charge >= 0.3 is 29.6 Å². The van der Waals surface area contributed by atoms with Gasteiger partial charge < -0.3 is 9.45 Å². The molecule has 7 nitrogen and oxygen atoms in total. The Labute approximate surface area is 219 Å². The molecule has 0 spiro atoms. The molecule has 0 N–H and O–H groups in total. The number of hydrogen-bond donors (Lipinski definition) is 0. The molecule has 0 radical (unpaired) electrons. The van der Waals surface area contributed by atoms with Crippen LogP contribution in [0.3, 0.4) is 0 Å². The number of thiazole rings is 1. The van der Waals surface area contributed by atoms with Gasteiger partial charge in [0.25, 0.3) is 0 Å². The van der Waals surface area contributed by atoms with Crippen LogP contribution in [0.1, 0.15) is 18.1 Å². The fourth-order valence-electron chi connectivity index (χ4n) is 3.33. The van der Waals surface area contributed by atoms with Gasteiger partial charge in [0, 0.05) is 18.8 Å². The number of fused-ring (bicyclic) bond motifs is 1. The van der Waals surface area contributed by atoms with E-state index >= 15 is 0 Å². The molecule has 3 aromatic carbocycles. The van der Waals surface area contributed by atoms with E-state index in [-0.39, 0.29) is 34.5 Å². The summed E-state index contributed by atoms with van der Waals surface area (Å²) in [6.07, 6.45) is 0. The average Bonchev–Trinajstić information content (AvgIpc) is 3.19. The van der Waals surface area contributed by atoms with E-state index in [2.05, 4.69) is 45.2 Å². The molecule has 0 aliphatic heterocycles. The van der Waals surface area contributed by atoms with Gasteiger partial charge in [-0.3, -0.25) is 0 Å². The fraction of sp³-hybridized carbons (Fsp3) is 0.174. The van der Waals surface area contributed by atoms with Gasteiger partial charge in [-0.15, -0.1) is 10.2 Å². The molecule has 33 heavy (non-hydrogen) atoms. The van der Waals surface area contributed by atoms with Gasteiger partial charge in [-0.2, -0.15) is 0 Å². The second-order valence-electron chi connectivity index (χ2n) is 7.25. The van der Waals surface area contributed by atoms with Crippen molar-refractivity contribution in [1.82, 2.24) is 4.98 Å². The van der Waals surface area contributed by atoms with E-state index in [4.69, 9.17) is 0 Å². The molecule has 0 bridgehead atoms. The standard InChI is InChI=1S/C23H22N4O3S2.Na/c1-3-27(15-17-7-5-4-6-8-17)18-9-11-20(16(2)13-18)25-26-23-24-21-14-19(32(28,29)30)10-12-22(21)31-23;/h4-14H,3,15H2,1-2H3,(H,28,29,30);/q;+1/p-1. The Morgan fingerprint density at radius 1 is 1.03 bits per heavy atom. The largest absolute Gasteiger partial charge is 1.00 e. The smallest absolute Gasteiger partial charge is 0.744 e. The van der Waals surface area contributed by atoms with E-state index in [0.29, 0.717) is 10.6 Å². The molecule has 0 saturated carbocycles. The van der Waals surface area contributed by atoms with Crippen LogP contribution in [0.15, 0.2) is 81.9 Å². The zero-order valence-corrected chi connectivity index (χ0v) is 22.2. The molecule has 0 saturated heterocycles. The maximum atomic E-state index is 11.2. The summed E-state index contributed by atoms with van der Waals surface area (Å²) in [6.45, 7) is 5.81. The van der Waals surface area contributed by atoms with E-state index in [9.17, 15) is 13.0 Å². The molecule has 1 heterocycles. The molecule has 1 aromatic heterocycles. The zero-order chi connectivity index (χ0) is 22.7. The van der Waals surface area contributed by atoms with Gasteiger partial charge in [-0.05, 0) is 61.4 Å². The van der Waals surface area contributed by atoms with Crippen molar-refractivity contribution < 1.29 is 42.5 Å². The van der Waals surface area contributed by atoms with Crippen molar-refractivity contribution in [2.45, 2.75) is 25.3 Å². The first kappa shape index (κ1) is 25.5. The first-order valence-corrected chi connectivity index (χ1v) is 12.2. The molecule has 0 unspecified atom stereocenters. The van der Waals surface area contributed by atoms with E-state index in [1.807, 2.05) is 37.3 Å². The Morgan fingerprint density at radius 2 is 1.79 bits per heavy atom. The van der Waals surface area contributed by atoms with Crippen LogP contribution in [0.4, 0.5) is 16.5 Å². The Morgan fingerprint density at radius 3 is 2.45 bits per heavy atom.